The number of aliphatic hydroxyl groups is 2. The highest BCUT2D eigenvalue weighted by molar-refractivity contribution is 5.94. The lowest BCUT2D eigenvalue weighted by Crippen LogP contribution is -2.60. The summed E-state index contributed by atoms with van der Waals surface area (Å²) in [6.07, 6.45) is -2.25. The Hall–Kier alpha value is -2.24. The van der Waals surface area contributed by atoms with Crippen LogP contribution in [0.1, 0.15) is 48.0 Å². The molecule has 8 N–H and O–H groups in total. The van der Waals surface area contributed by atoms with E-state index in [0.29, 0.717) is 0 Å². The molecule has 3 amide bonds. The number of aliphatic carboxylic acids is 1. The van der Waals surface area contributed by atoms with Gasteiger partial charge in [0.05, 0.1) is 12.2 Å². The van der Waals surface area contributed by atoms with Crippen molar-refractivity contribution in [3.05, 3.63) is 0 Å². The van der Waals surface area contributed by atoms with E-state index in [4.69, 9.17) is 10.8 Å². The number of carboxylic acids is 1. The molecule has 0 spiro atoms. The van der Waals surface area contributed by atoms with Gasteiger partial charge in [-0.15, -0.1) is 0 Å². The molecular formula is C19H36N4O7. The number of rotatable bonds is 12. The topological polar surface area (TPSA) is 191 Å². The smallest absolute Gasteiger partial charge is 0.328 e. The number of aliphatic hydroxyl groups excluding tert-OH is 2. The number of hydrogen-bond acceptors (Lipinski definition) is 7. The number of hydrogen-bond donors (Lipinski definition) is 7. The summed E-state index contributed by atoms with van der Waals surface area (Å²) in [6, 6.07) is -4.87. The zero-order valence-electron chi connectivity index (χ0n) is 18.4. The summed E-state index contributed by atoms with van der Waals surface area (Å²) < 4.78 is 0. The Morgan fingerprint density at radius 1 is 0.767 bits per heavy atom. The van der Waals surface area contributed by atoms with Crippen molar-refractivity contribution in [3.8, 4) is 0 Å². The Bertz CT molecular complexity index is 608. The molecule has 0 aliphatic carbocycles. The zero-order chi connectivity index (χ0) is 23.8. The van der Waals surface area contributed by atoms with Crippen LogP contribution in [-0.4, -0.2) is 75.4 Å². The molecule has 6 unspecified atom stereocenters. The van der Waals surface area contributed by atoms with Gasteiger partial charge in [-0.05, 0) is 32.1 Å². The normalized spacial score (nSPS) is 17.4. The second-order valence-corrected chi connectivity index (χ2v) is 8.25. The molecule has 0 saturated carbocycles. The van der Waals surface area contributed by atoms with E-state index in [-0.39, 0.29) is 18.3 Å². The first-order valence-corrected chi connectivity index (χ1v) is 9.94. The first-order chi connectivity index (χ1) is 13.7. The first-order valence-electron chi connectivity index (χ1n) is 9.94. The van der Waals surface area contributed by atoms with Gasteiger partial charge in [0.25, 0.3) is 0 Å². The van der Waals surface area contributed by atoms with Crippen LogP contribution in [0, 0.1) is 11.8 Å². The van der Waals surface area contributed by atoms with E-state index < -0.39 is 60.1 Å². The molecule has 0 rings (SSSR count). The SMILES string of the molecule is CC(C)CC(NC(=O)C(NC(=O)C(N)C(C)O)C(C)C)C(=O)NC(C(=O)O)C(C)O. The fourth-order valence-corrected chi connectivity index (χ4v) is 2.61. The van der Waals surface area contributed by atoms with Crippen LogP contribution in [0.2, 0.25) is 0 Å². The molecule has 11 nitrogen and oxygen atoms in total. The van der Waals surface area contributed by atoms with Crippen LogP contribution in [0.4, 0.5) is 0 Å². The largest absolute Gasteiger partial charge is 0.480 e. The van der Waals surface area contributed by atoms with E-state index in [1.54, 1.807) is 13.8 Å². The van der Waals surface area contributed by atoms with E-state index >= 15 is 0 Å². The van der Waals surface area contributed by atoms with Crippen LogP contribution in [0.3, 0.4) is 0 Å². The molecule has 0 aromatic rings. The van der Waals surface area contributed by atoms with Gasteiger partial charge in [0.1, 0.15) is 18.1 Å². The minimum Gasteiger partial charge on any atom is -0.480 e. The molecule has 30 heavy (non-hydrogen) atoms. The molecule has 0 aliphatic heterocycles. The van der Waals surface area contributed by atoms with Crippen LogP contribution in [0.25, 0.3) is 0 Å². The number of carbonyl (C=O) groups is 4. The van der Waals surface area contributed by atoms with Crippen LogP contribution >= 0.6 is 0 Å². The second kappa shape index (κ2) is 12.5. The maximum absolute atomic E-state index is 12.8. The van der Waals surface area contributed by atoms with Crippen molar-refractivity contribution < 1.29 is 34.5 Å². The van der Waals surface area contributed by atoms with Gasteiger partial charge in [0, 0.05) is 0 Å². The summed E-state index contributed by atoms with van der Waals surface area (Å²) >= 11 is 0. The molecule has 0 radical (unpaired) electrons. The van der Waals surface area contributed by atoms with E-state index in [1.807, 2.05) is 13.8 Å². The van der Waals surface area contributed by atoms with Gasteiger partial charge in [-0.1, -0.05) is 27.7 Å². The van der Waals surface area contributed by atoms with Crippen molar-refractivity contribution in [3.63, 3.8) is 0 Å². The maximum atomic E-state index is 12.8. The lowest BCUT2D eigenvalue weighted by atomic mass is 9.99. The Morgan fingerprint density at radius 2 is 1.27 bits per heavy atom. The highest BCUT2D eigenvalue weighted by atomic mass is 16.4. The maximum Gasteiger partial charge on any atom is 0.328 e. The van der Waals surface area contributed by atoms with Crippen LogP contribution in [-0.2, 0) is 19.2 Å². The van der Waals surface area contributed by atoms with Crippen LogP contribution in [0.15, 0.2) is 0 Å². The Kier molecular flexibility index (Phi) is 11.5. The van der Waals surface area contributed by atoms with Gasteiger partial charge in [-0.2, -0.15) is 0 Å². The summed E-state index contributed by atoms with van der Waals surface area (Å²) in [7, 11) is 0. The lowest BCUT2D eigenvalue weighted by Gasteiger charge is -2.28. The summed E-state index contributed by atoms with van der Waals surface area (Å²) in [5.74, 6) is -3.93. The van der Waals surface area contributed by atoms with Gasteiger partial charge >= 0.3 is 5.97 Å². The molecule has 6 atom stereocenters. The third kappa shape index (κ3) is 9.06. The number of nitrogens with one attached hydrogen (secondary N) is 3. The monoisotopic (exact) mass is 432 g/mol. The fraction of sp³-hybridized carbons (Fsp3) is 0.789. The minimum absolute atomic E-state index is 0.0216. The molecule has 0 aliphatic rings. The Morgan fingerprint density at radius 3 is 1.63 bits per heavy atom. The van der Waals surface area contributed by atoms with Gasteiger partial charge in [-0.25, -0.2) is 4.79 Å². The van der Waals surface area contributed by atoms with Crippen LogP contribution in [0.5, 0.6) is 0 Å². The average molecular weight is 433 g/mol. The predicted octanol–water partition coefficient (Wildman–Crippen LogP) is -1.68. The highest BCUT2D eigenvalue weighted by Crippen LogP contribution is 2.09. The fourth-order valence-electron chi connectivity index (χ4n) is 2.61. The van der Waals surface area contributed by atoms with E-state index in [2.05, 4.69) is 16.0 Å². The van der Waals surface area contributed by atoms with Gasteiger partial charge in [0.2, 0.25) is 17.7 Å². The first kappa shape index (κ1) is 27.8. The molecule has 0 saturated heterocycles. The molecule has 0 heterocycles. The van der Waals surface area contributed by atoms with E-state index in [0.717, 1.165) is 0 Å². The summed E-state index contributed by atoms with van der Waals surface area (Å²) in [6.45, 7) is 9.58. The lowest BCUT2D eigenvalue weighted by molar-refractivity contribution is -0.145. The molecule has 0 aromatic carbocycles. The third-order valence-corrected chi connectivity index (χ3v) is 4.46. The summed E-state index contributed by atoms with van der Waals surface area (Å²) in [5.41, 5.74) is 5.60. The molecular weight excluding hydrogens is 396 g/mol. The molecule has 174 valence electrons. The van der Waals surface area contributed by atoms with E-state index in [1.165, 1.54) is 13.8 Å². The van der Waals surface area contributed by atoms with Crippen molar-refractivity contribution in [1.82, 2.24) is 16.0 Å². The average Bonchev–Trinajstić information content (AvgIpc) is 2.60. The standard InChI is InChI=1S/C19H36N4O7/c1-8(2)7-12(16(26)23-15(11(6)25)19(29)30)21-18(28)14(9(3)4)22-17(27)13(20)10(5)24/h8-15,24-25H,7,20H2,1-6H3,(H,21,28)(H,22,27)(H,23,26)(H,29,30). The van der Waals surface area contributed by atoms with Crippen molar-refractivity contribution in [2.45, 2.75) is 84.3 Å². The molecule has 0 bridgehead atoms. The third-order valence-electron chi connectivity index (χ3n) is 4.46. The van der Waals surface area contributed by atoms with Crippen molar-refractivity contribution in [2.75, 3.05) is 0 Å². The minimum atomic E-state index is -1.53. The number of carbonyl (C=O) groups excluding carboxylic acids is 3. The molecule has 0 fully saturated rings. The number of nitrogens with two attached hydrogens (primary N) is 1. The number of amides is 3. The summed E-state index contributed by atoms with van der Waals surface area (Å²) in [4.78, 5) is 48.8. The van der Waals surface area contributed by atoms with Crippen molar-refractivity contribution in [2.24, 2.45) is 17.6 Å². The molecule has 0 aromatic heterocycles. The Balaban J connectivity index is 5.45. The Labute approximate surface area is 176 Å². The number of carboxylic acid groups (broad SMARTS) is 1. The van der Waals surface area contributed by atoms with E-state index in [9.17, 15) is 29.4 Å². The van der Waals surface area contributed by atoms with Gasteiger partial charge in [0.15, 0.2) is 6.04 Å². The van der Waals surface area contributed by atoms with Crippen molar-refractivity contribution in [1.29, 1.82) is 0 Å². The molecule has 11 heteroatoms. The van der Waals surface area contributed by atoms with Crippen LogP contribution < -0.4 is 21.7 Å². The van der Waals surface area contributed by atoms with Gasteiger partial charge in [-0.3, -0.25) is 14.4 Å². The second-order valence-electron chi connectivity index (χ2n) is 8.25. The summed E-state index contributed by atoms with van der Waals surface area (Å²) in [5, 5.41) is 35.4. The van der Waals surface area contributed by atoms with Gasteiger partial charge < -0.3 is 37.0 Å². The zero-order valence-corrected chi connectivity index (χ0v) is 18.4. The van der Waals surface area contributed by atoms with Crippen molar-refractivity contribution >= 4 is 23.7 Å². The predicted molar refractivity (Wildman–Crippen MR) is 109 cm³/mol. The highest BCUT2D eigenvalue weighted by Gasteiger charge is 2.33. The quantitative estimate of drug-likeness (QED) is 0.190.